The standard InChI is InChI=1S/C14H20NO5P/c16-13(15-10-14(17)18)11-21(19,20)9-5-4-8-12-6-2-1-3-7-12/h1-3,6-7H,4-5,8-11H2,(H,15,16)(H,17,18)(H,19,20). The van der Waals surface area contributed by atoms with E-state index in [1.165, 1.54) is 5.56 Å². The van der Waals surface area contributed by atoms with Crippen LogP contribution < -0.4 is 5.32 Å². The Morgan fingerprint density at radius 1 is 1.14 bits per heavy atom. The van der Waals surface area contributed by atoms with Crippen LogP contribution in [0.2, 0.25) is 0 Å². The number of carbonyl (C=O) groups excluding carboxylic acids is 1. The third-order valence-electron chi connectivity index (χ3n) is 2.89. The topological polar surface area (TPSA) is 104 Å². The minimum Gasteiger partial charge on any atom is -0.480 e. The van der Waals surface area contributed by atoms with E-state index in [1.807, 2.05) is 30.3 Å². The number of aliphatic carboxylic acids is 1. The van der Waals surface area contributed by atoms with E-state index in [1.54, 1.807) is 0 Å². The smallest absolute Gasteiger partial charge is 0.322 e. The van der Waals surface area contributed by atoms with Crippen LogP contribution in [0.3, 0.4) is 0 Å². The number of carboxylic acid groups (broad SMARTS) is 1. The fraction of sp³-hybridized carbons (Fsp3) is 0.429. The number of unbranched alkanes of at least 4 members (excludes halogenated alkanes) is 1. The molecule has 6 nitrogen and oxygen atoms in total. The summed E-state index contributed by atoms with van der Waals surface area (Å²) in [5.41, 5.74) is 1.17. The van der Waals surface area contributed by atoms with Crippen molar-refractivity contribution in [3.8, 4) is 0 Å². The monoisotopic (exact) mass is 313 g/mol. The van der Waals surface area contributed by atoms with E-state index in [0.29, 0.717) is 6.42 Å². The van der Waals surface area contributed by atoms with Gasteiger partial charge in [0.1, 0.15) is 12.7 Å². The number of benzene rings is 1. The summed E-state index contributed by atoms with van der Waals surface area (Å²) in [6.45, 7) is -0.535. The number of aryl methyl sites for hydroxylation is 1. The van der Waals surface area contributed by atoms with Gasteiger partial charge in [0.2, 0.25) is 13.3 Å². The van der Waals surface area contributed by atoms with Crippen LogP contribution in [0.15, 0.2) is 30.3 Å². The van der Waals surface area contributed by atoms with Gasteiger partial charge in [0.05, 0.1) is 0 Å². The van der Waals surface area contributed by atoms with E-state index >= 15 is 0 Å². The van der Waals surface area contributed by atoms with Gasteiger partial charge in [-0.3, -0.25) is 14.2 Å². The molecule has 1 amide bonds. The van der Waals surface area contributed by atoms with Gasteiger partial charge in [-0.2, -0.15) is 0 Å². The Morgan fingerprint density at radius 3 is 2.43 bits per heavy atom. The second-order valence-corrected chi connectivity index (χ2v) is 7.30. The number of hydrogen-bond acceptors (Lipinski definition) is 3. The van der Waals surface area contributed by atoms with E-state index in [9.17, 15) is 19.0 Å². The van der Waals surface area contributed by atoms with Crippen molar-refractivity contribution in [3.05, 3.63) is 35.9 Å². The Balaban J connectivity index is 2.24. The minimum atomic E-state index is -3.53. The van der Waals surface area contributed by atoms with Crippen molar-refractivity contribution in [1.29, 1.82) is 0 Å². The molecule has 0 aromatic heterocycles. The summed E-state index contributed by atoms with van der Waals surface area (Å²) in [7, 11) is -3.53. The van der Waals surface area contributed by atoms with E-state index in [4.69, 9.17) is 5.11 Å². The summed E-state index contributed by atoms with van der Waals surface area (Å²) in [5.74, 6) is -1.88. The second-order valence-electron chi connectivity index (χ2n) is 4.84. The van der Waals surface area contributed by atoms with Crippen LogP contribution in [0.5, 0.6) is 0 Å². The van der Waals surface area contributed by atoms with Gasteiger partial charge in [-0.25, -0.2) is 0 Å². The zero-order valence-electron chi connectivity index (χ0n) is 11.7. The highest BCUT2D eigenvalue weighted by atomic mass is 31.2. The number of hydrogen-bond donors (Lipinski definition) is 3. The molecule has 1 rings (SSSR count). The van der Waals surface area contributed by atoms with Crippen molar-refractivity contribution in [3.63, 3.8) is 0 Å². The van der Waals surface area contributed by atoms with Gasteiger partial charge in [0.25, 0.3) is 0 Å². The van der Waals surface area contributed by atoms with E-state index in [-0.39, 0.29) is 6.16 Å². The van der Waals surface area contributed by atoms with Gasteiger partial charge in [-0.1, -0.05) is 30.3 Å². The maximum atomic E-state index is 11.8. The van der Waals surface area contributed by atoms with Gasteiger partial charge in [0.15, 0.2) is 0 Å². The summed E-state index contributed by atoms with van der Waals surface area (Å²) >= 11 is 0. The molecule has 1 atom stereocenters. The normalized spacial score (nSPS) is 13.4. The highest BCUT2D eigenvalue weighted by Crippen LogP contribution is 2.40. The molecule has 0 aliphatic rings. The van der Waals surface area contributed by atoms with Crippen molar-refractivity contribution >= 4 is 19.2 Å². The van der Waals surface area contributed by atoms with Crippen molar-refractivity contribution in [2.75, 3.05) is 18.9 Å². The number of nitrogens with one attached hydrogen (secondary N) is 1. The third kappa shape index (κ3) is 8.27. The second kappa shape index (κ2) is 8.60. The van der Waals surface area contributed by atoms with Gasteiger partial charge < -0.3 is 15.3 Å². The first-order chi connectivity index (χ1) is 9.89. The van der Waals surface area contributed by atoms with Gasteiger partial charge in [-0.05, 0) is 24.8 Å². The number of carbonyl (C=O) groups is 2. The molecule has 0 radical (unpaired) electrons. The lowest BCUT2D eigenvalue weighted by Gasteiger charge is -2.11. The van der Waals surface area contributed by atoms with Crippen LogP contribution >= 0.6 is 7.37 Å². The Labute approximate surface area is 123 Å². The van der Waals surface area contributed by atoms with Crippen LogP contribution in [0.25, 0.3) is 0 Å². The Bertz CT molecular complexity index is 517. The average molecular weight is 313 g/mol. The first kappa shape index (κ1) is 17.4. The molecular weight excluding hydrogens is 293 g/mol. The lowest BCUT2D eigenvalue weighted by molar-refractivity contribution is -0.137. The molecule has 0 saturated carbocycles. The zero-order valence-corrected chi connectivity index (χ0v) is 12.6. The molecule has 21 heavy (non-hydrogen) atoms. The van der Waals surface area contributed by atoms with Crippen LogP contribution in [-0.4, -0.2) is 40.7 Å². The summed E-state index contributed by atoms with van der Waals surface area (Å²) < 4.78 is 11.8. The maximum Gasteiger partial charge on any atom is 0.322 e. The molecule has 0 bridgehead atoms. The van der Waals surface area contributed by atoms with Crippen LogP contribution in [0.4, 0.5) is 0 Å². The van der Waals surface area contributed by atoms with Crippen molar-refractivity contribution in [1.82, 2.24) is 5.32 Å². The molecule has 0 fully saturated rings. The fourth-order valence-corrected chi connectivity index (χ4v) is 3.30. The predicted molar refractivity (Wildman–Crippen MR) is 79.6 cm³/mol. The molecule has 0 heterocycles. The molecule has 1 aromatic rings. The lowest BCUT2D eigenvalue weighted by atomic mass is 10.1. The van der Waals surface area contributed by atoms with Crippen LogP contribution in [-0.2, 0) is 20.6 Å². The molecule has 0 spiro atoms. The molecule has 7 heteroatoms. The van der Waals surface area contributed by atoms with Crippen LogP contribution in [0, 0.1) is 0 Å². The first-order valence-corrected chi connectivity index (χ1v) is 8.75. The molecular formula is C14H20NO5P. The predicted octanol–water partition coefficient (Wildman–Crippen LogP) is 1.48. The van der Waals surface area contributed by atoms with Crippen LogP contribution in [0.1, 0.15) is 18.4 Å². The molecule has 1 unspecified atom stereocenters. The maximum absolute atomic E-state index is 11.8. The SMILES string of the molecule is O=C(O)CNC(=O)CP(=O)(O)CCCCc1ccccc1. The Morgan fingerprint density at radius 2 is 1.81 bits per heavy atom. The van der Waals surface area contributed by atoms with E-state index in [2.05, 4.69) is 5.32 Å². The highest BCUT2D eigenvalue weighted by molar-refractivity contribution is 7.58. The lowest BCUT2D eigenvalue weighted by Crippen LogP contribution is -2.31. The van der Waals surface area contributed by atoms with Gasteiger partial charge in [-0.15, -0.1) is 0 Å². The Hall–Kier alpha value is -1.65. The summed E-state index contributed by atoms with van der Waals surface area (Å²) in [4.78, 5) is 31.3. The number of rotatable bonds is 9. The number of amides is 1. The molecule has 116 valence electrons. The largest absolute Gasteiger partial charge is 0.480 e. The summed E-state index contributed by atoms with van der Waals surface area (Å²) in [5, 5.41) is 10.5. The Kier molecular flexibility index (Phi) is 7.12. The van der Waals surface area contributed by atoms with E-state index < -0.39 is 32.0 Å². The summed E-state index contributed by atoms with van der Waals surface area (Å²) in [6.07, 6.45) is 1.69. The summed E-state index contributed by atoms with van der Waals surface area (Å²) in [6, 6.07) is 9.81. The van der Waals surface area contributed by atoms with Gasteiger partial charge in [0, 0.05) is 6.16 Å². The van der Waals surface area contributed by atoms with Crippen molar-refractivity contribution in [2.24, 2.45) is 0 Å². The molecule has 0 saturated heterocycles. The quantitative estimate of drug-likeness (QED) is 0.473. The third-order valence-corrected chi connectivity index (χ3v) is 4.69. The minimum absolute atomic E-state index is 0.0698. The van der Waals surface area contributed by atoms with E-state index in [0.717, 1.165) is 12.8 Å². The number of carboxylic acids is 1. The fourth-order valence-electron chi connectivity index (χ4n) is 1.87. The molecule has 1 aromatic carbocycles. The highest BCUT2D eigenvalue weighted by Gasteiger charge is 2.22. The molecule has 0 aliphatic heterocycles. The molecule has 0 aliphatic carbocycles. The van der Waals surface area contributed by atoms with Crippen molar-refractivity contribution < 1.29 is 24.2 Å². The first-order valence-electron chi connectivity index (χ1n) is 6.72. The average Bonchev–Trinajstić information content (AvgIpc) is 2.42. The zero-order chi connectivity index (χ0) is 15.7. The van der Waals surface area contributed by atoms with Gasteiger partial charge >= 0.3 is 5.97 Å². The molecule has 3 N–H and O–H groups in total. The van der Waals surface area contributed by atoms with Crippen molar-refractivity contribution in [2.45, 2.75) is 19.3 Å².